The summed E-state index contributed by atoms with van der Waals surface area (Å²) in [5, 5.41) is 54.3. The molecule has 6 N–H and O–H groups in total. The molecule has 1 aliphatic rings. The molecular formula is C59H109NO8. The van der Waals surface area contributed by atoms with Gasteiger partial charge in [0.1, 0.15) is 24.4 Å². The van der Waals surface area contributed by atoms with Gasteiger partial charge in [0.25, 0.3) is 0 Å². The summed E-state index contributed by atoms with van der Waals surface area (Å²) < 4.78 is 11.2. The van der Waals surface area contributed by atoms with Gasteiger partial charge in [-0.05, 0) is 64.2 Å². The van der Waals surface area contributed by atoms with Crippen LogP contribution in [-0.4, -0.2) is 87.5 Å². The SMILES string of the molecule is CCCC/C=C/CC/C=C/CC/C=C/C(O)C(COC1OC(CO)C(O)C(O)C1O)NC(=O)CCCCCCCCCCCCCCCCCCC/C=C\CCCCCCCCCCCCCC. The fourth-order valence-corrected chi connectivity index (χ4v) is 8.99. The first-order valence-corrected chi connectivity index (χ1v) is 28.9. The molecule has 0 aromatic heterocycles. The molecule has 1 saturated heterocycles. The monoisotopic (exact) mass is 960 g/mol. The van der Waals surface area contributed by atoms with Crippen LogP contribution in [0.1, 0.15) is 264 Å². The minimum Gasteiger partial charge on any atom is -0.394 e. The molecule has 0 spiro atoms. The van der Waals surface area contributed by atoms with Crippen LogP contribution in [0.3, 0.4) is 0 Å². The third-order valence-electron chi connectivity index (χ3n) is 13.6. The van der Waals surface area contributed by atoms with Gasteiger partial charge in [-0.2, -0.15) is 0 Å². The molecular weight excluding hydrogens is 851 g/mol. The van der Waals surface area contributed by atoms with Gasteiger partial charge >= 0.3 is 0 Å². The van der Waals surface area contributed by atoms with Crippen molar-refractivity contribution in [1.82, 2.24) is 5.32 Å². The predicted molar refractivity (Wildman–Crippen MR) is 286 cm³/mol. The summed E-state index contributed by atoms with van der Waals surface area (Å²) in [5.41, 5.74) is 0. The van der Waals surface area contributed by atoms with Crippen molar-refractivity contribution in [2.45, 2.75) is 307 Å². The number of hydrogen-bond acceptors (Lipinski definition) is 8. The maximum Gasteiger partial charge on any atom is 0.220 e. The van der Waals surface area contributed by atoms with Crippen molar-refractivity contribution in [2.75, 3.05) is 13.2 Å². The number of amides is 1. The molecule has 0 radical (unpaired) electrons. The van der Waals surface area contributed by atoms with Crippen molar-refractivity contribution in [1.29, 1.82) is 0 Å². The number of rotatable bonds is 49. The number of hydrogen-bond donors (Lipinski definition) is 6. The number of unbranched alkanes of at least 4 members (excludes halogenated alkanes) is 33. The summed E-state index contributed by atoms with van der Waals surface area (Å²) in [6.07, 6.45) is 57.8. The fraction of sp³-hybridized carbons (Fsp3) is 0.847. The summed E-state index contributed by atoms with van der Waals surface area (Å²) in [4.78, 5) is 13.0. The highest BCUT2D eigenvalue weighted by molar-refractivity contribution is 5.76. The van der Waals surface area contributed by atoms with E-state index in [1.54, 1.807) is 6.08 Å². The van der Waals surface area contributed by atoms with Crippen LogP contribution in [0, 0.1) is 0 Å². The second-order valence-electron chi connectivity index (χ2n) is 20.1. The van der Waals surface area contributed by atoms with Crippen LogP contribution in [0.2, 0.25) is 0 Å². The zero-order valence-electron chi connectivity index (χ0n) is 44.1. The number of carbonyl (C=O) groups excluding carboxylic acids is 1. The van der Waals surface area contributed by atoms with Gasteiger partial charge in [-0.1, -0.05) is 242 Å². The van der Waals surface area contributed by atoms with E-state index in [4.69, 9.17) is 9.47 Å². The van der Waals surface area contributed by atoms with Gasteiger partial charge < -0.3 is 40.3 Å². The lowest BCUT2D eigenvalue weighted by molar-refractivity contribution is -0.302. The molecule has 1 amide bonds. The summed E-state index contributed by atoms with van der Waals surface area (Å²) in [6.45, 7) is 3.72. The molecule has 9 nitrogen and oxygen atoms in total. The molecule has 1 fully saturated rings. The summed E-state index contributed by atoms with van der Waals surface area (Å²) in [7, 11) is 0. The predicted octanol–water partition coefficient (Wildman–Crippen LogP) is 14.1. The lowest BCUT2D eigenvalue weighted by Crippen LogP contribution is -2.60. The zero-order chi connectivity index (χ0) is 49.4. The van der Waals surface area contributed by atoms with Crippen molar-refractivity contribution < 1.29 is 39.8 Å². The average Bonchev–Trinajstić information content (AvgIpc) is 3.34. The van der Waals surface area contributed by atoms with Crippen molar-refractivity contribution in [3.05, 3.63) is 48.6 Å². The number of nitrogens with one attached hydrogen (secondary N) is 1. The number of carbonyl (C=O) groups is 1. The molecule has 1 aliphatic heterocycles. The Labute approximate surface area is 418 Å². The maximum absolute atomic E-state index is 13.0. The van der Waals surface area contributed by atoms with E-state index >= 15 is 0 Å². The van der Waals surface area contributed by atoms with E-state index in [1.165, 1.54) is 193 Å². The van der Waals surface area contributed by atoms with Crippen molar-refractivity contribution >= 4 is 5.91 Å². The topological polar surface area (TPSA) is 149 Å². The summed E-state index contributed by atoms with van der Waals surface area (Å²) in [5.74, 6) is -0.190. The summed E-state index contributed by atoms with van der Waals surface area (Å²) in [6, 6.07) is -0.826. The Bertz CT molecular complexity index is 1210. The van der Waals surface area contributed by atoms with E-state index < -0.39 is 49.5 Å². The van der Waals surface area contributed by atoms with Gasteiger partial charge in [0.2, 0.25) is 5.91 Å². The van der Waals surface area contributed by atoms with E-state index in [1.807, 2.05) is 6.08 Å². The second-order valence-corrected chi connectivity index (χ2v) is 20.1. The quantitative estimate of drug-likeness (QED) is 0.0261. The second kappa shape index (κ2) is 48.8. The first kappa shape index (κ1) is 64.2. The standard InChI is InChI=1S/C59H109NO8/c1-3-5-7-9-11-13-15-17-18-19-20-21-22-23-24-25-26-27-28-29-30-31-32-33-34-35-36-37-39-41-43-45-47-49-55(63)60-52(51-67-59-58(66)57(65)56(64)54(50-61)68-59)53(62)48-46-44-42-40-38-16-14-12-10-8-6-4-2/h10,12,23-24,38,40,46,48,52-54,56-59,61-62,64-66H,3-9,11,13-22,25-37,39,41-45,47,49-51H2,1-2H3,(H,60,63)/b12-10+,24-23-,40-38+,48-46+. The van der Waals surface area contributed by atoms with Crippen LogP contribution in [0.5, 0.6) is 0 Å². The lowest BCUT2D eigenvalue weighted by Gasteiger charge is -2.40. The molecule has 1 heterocycles. The molecule has 0 saturated carbocycles. The van der Waals surface area contributed by atoms with Crippen molar-refractivity contribution in [3.8, 4) is 0 Å². The van der Waals surface area contributed by atoms with E-state index in [-0.39, 0.29) is 12.5 Å². The highest BCUT2D eigenvalue weighted by Gasteiger charge is 2.44. The first-order chi connectivity index (χ1) is 33.3. The van der Waals surface area contributed by atoms with Crippen LogP contribution in [0.4, 0.5) is 0 Å². The number of aliphatic hydroxyl groups excluding tert-OH is 5. The van der Waals surface area contributed by atoms with E-state index in [9.17, 15) is 30.3 Å². The zero-order valence-corrected chi connectivity index (χ0v) is 44.1. The van der Waals surface area contributed by atoms with Crippen molar-refractivity contribution in [2.24, 2.45) is 0 Å². The van der Waals surface area contributed by atoms with E-state index in [0.717, 1.165) is 51.4 Å². The molecule has 7 atom stereocenters. The first-order valence-electron chi connectivity index (χ1n) is 28.9. The van der Waals surface area contributed by atoms with Crippen LogP contribution < -0.4 is 5.32 Å². The fourth-order valence-electron chi connectivity index (χ4n) is 8.99. The average molecular weight is 961 g/mol. The molecule has 0 aliphatic carbocycles. The van der Waals surface area contributed by atoms with Crippen LogP contribution in [0.15, 0.2) is 48.6 Å². The molecule has 398 valence electrons. The number of aliphatic hydroxyl groups is 5. The molecule has 7 unspecified atom stereocenters. The van der Waals surface area contributed by atoms with Crippen LogP contribution >= 0.6 is 0 Å². The molecule has 0 aromatic rings. The van der Waals surface area contributed by atoms with Gasteiger partial charge in [0.15, 0.2) is 6.29 Å². The third-order valence-corrected chi connectivity index (χ3v) is 13.6. The third kappa shape index (κ3) is 37.9. The maximum atomic E-state index is 13.0. The highest BCUT2D eigenvalue weighted by Crippen LogP contribution is 2.23. The van der Waals surface area contributed by atoms with Gasteiger partial charge in [-0.3, -0.25) is 4.79 Å². The Balaban J connectivity index is 2.11. The molecule has 68 heavy (non-hydrogen) atoms. The molecule has 1 rings (SSSR count). The normalized spacial score (nSPS) is 19.9. The number of allylic oxidation sites excluding steroid dienone is 7. The largest absolute Gasteiger partial charge is 0.394 e. The van der Waals surface area contributed by atoms with E-state index in [2.05, 4.69) is 55.6 Å². The minimum absolute atomic E-state index is 0.190. The van der Waals surface area contributed by atoms with Crippen molar-refractivity contribution in [3.63, 3.8) is 0 Å². The van der Waals surface area contributed by atoms with Gasteiger partial charge in [0, 0.05) is 6.42 Å². The molecule has 9 heteroatoms. The Kier molecular flexibility index (Phi) is 46.0. The Morgan fingerprint density at radius 3 is 1.28 bits per heavy atom. The summed E-state index contributed by atoms with van der Waals surface area (Å²) >= 11 is 0. The Morgan fingerprint density at radius 2 is 0.853 bits per heavy atom. The van der Waals surface area contributed by atoms with E-state index in [0.29, 0.717) is 6.42 Å². The lowest BCUT2D eigenvalue weighted by atomic mass is 9.99. The van der Waals surface area contributed by atoms with Gasteiger partial charge in [0.05, 0.1) is 25.4 Å². The highest BCUT2D eigenvalue weighted by atomic mass is 16.7. The Hall–Kier alpha value is -1.85. The molecule has 0 aromatic carbocycles. The van der Waals surface area contributed by atoms with Gasteiger partial charge in [-0.25, -0.2) is 0 Å². The van der Waals surface area contributed by atoms with Crippen LogP contribution in [0.25, 0.3) is 0 Å². The minimum atomic E-state index is -1.57. The van der Waals surface area contributed by atoms with Gasteiger partial charge in [-0.15, -0.1) is 0 Å². The van der Waals surface area contributed by atoms with Crippen LogP contribution in [-0.2, 0) is 14.3 Å². The number of ether oxygens (including phenoxy) is 2. The Morgan fingerprint density at radius 1 is 0.485 bits per heavy atom. The molecule has 0 bridgehead atoms. The smallest absolute Gasteiger partial charge is 0.220 e.